The summed E-state index contributed by atoms with van der Waals surface area (Å²) in [5.41, 5.74) is -0.559. The first-order chi connectivity index (χ1) is 15.0. The summed E-state index contributed by atoms with van der Waals surface area (Å²) in [6, 6.07) is -1.00. The van der Waals surface area contributed by atoms with Crippen molar-refractivity contribution >= 4 is 23.9 Å². The summed E-state index contributed by atoms with van der Waals surface area (Å²) in [4.78, 5) is 54.3. The average Bonchev–Trinajstić information content (AvgIpc) is 2.72. The van der Waals surface area contributed by atoms with E-state index in [1.54, 1.807) is 28.7 Å². The highest BCUT2D eigenvalue weighted by molar-refractivity contribution is 5.97. The van der Waals surface area contributed by atoms with Crippen molar-refractivity contribution in [3.05, 3.63) is 0 Å². The minimum absolute atomic E-state index is 0.0469. The number of urea groups is 1. The molecule has 1 aliphatic heterocycles. The van der Waals surface area contributed by atoms with Gasteiger partial charge in [-0.2, -0.15) is 0 Å². The number of rotatable bonds is 5. The number of hydrogen-bond acceptors (Lipinski definition) is 6. The van der Waals surface area contributed by atoms with E-state index >= 15 is 0 Å². The quantitative estimate of drug-likeness (QED) is 0.653. The van der Waals surface area contributed by atoms with Gasteiger partial charge in [0.2, 0.25) is 11.8 Å². The van der Waals surface area contributed by atoms with Crippen LogP contribution in [-0.2, 0) is 14.3 Å². The van der Waals surface area contributed by atoms with Gasteiger partial charge in [0, 0.05) is 32.2 Å². The van der Waals surface area contributed by atoms with Crippen molar-refractivity contribution in [1.29, 1.82) is 0 Å². The van der Waals surface area contributed by atoms with Crippen molar-refractivity contribution in [3.8, 4) is 0 Å². The Labute approximate surface area is 191 Å². The zero-order chi connectivity index (χ0) is 23.9. The lowest BCUT2D eigenvalue weighted by Crippen LogP contribution is -2.55. The molecule has 1 saturated carbocycles. The summed E-state index contributed by atoms with van der Waals surface area (Å²) in [7, 11) is 1.68. The van der Waals surface area contributed by atoms with Gasteiger partial charge in [-0.05, 0) is 47.6 Å². The van der Waals surface area contributed by atoms with E-state index in [4.69, 9.17) is 4.74 Å². The molecule has 5 amide bonds. The SMILES string of the molecule is CC(C(=O)NC(=O)NC1CCCCC1)N(C)CC(=O)N1CCN(C(=O)OC(C)(C)C)CC1. The number of piperazine rings is 1. The van der Waals surface area contributed by atoms with Gasteiger partial charge in [0.05, 0.1) is 12.6 Å². The maximum absolute atomic E-state index is 12.7. The minimum Gasteiger partial charge on any atom is -0.444 e. The molecule has 182 valence electrons. The van der Waals surface area contributed by atoms with Crippen LogP contribution < -0.4 is 10.6 Å². The summed E-state index contributed by atoms with van der Waals surface area (Å²) in [6.45, 7) is 8.80. The molecular formula is C22H39N5O5. The van der Waals surface area contributed by atoms with Crippen molar-refractivity contribution in [1.82, 2.24) is 25.3 Å². The lowest BCUT2D eigenvalue weighted by Gasteiger charge is -2.36. The zero-order valence-electron chi connectivity index (χ0n) is 20.1. The number of amides is 5. The summed E-state index contributed by atoms with van der Waals surface area (Å²) in [6.07, 6.45) is 4.86. The molecule has 0 aromatic rings. The van der Waals surface area contributed by atoms with E-state index in [1.165, 1.54) is 6.42 Å². The van der Waals surface area contributed by atoms with Crippen molar-refractivity contribution in [2.75, 3.05) is 39.8 Å². The summed E-state index contributed by atoms with van der Waals surface area (Å²) in [5, 5.41) is 5.24. The molecule has 0 radical (unpaired) electrons. The standard InChI is InChI=1S/C22H39N5O5/c1-16(19(29)24-20(30)23-17-9-7-6-8-10-17)25(5)15-18(28)26-11-13-27(14-12-26)21(31)32-22(2,3)4/h16-17H,6-15H2,1-5H3,(H2,23,24,29,30). The topological polar surface area (TPSA) is 111 Å². The number of likely N-dealkylation sites (N-methyl/N-ethyl adjacent to an activating group) is 1. The molecular weight excluding hydrogens is 414 g/mol. The van der Waals surface area contributed by atoms with Crippen LogP contribution in [0.5, 0.6) is 0 Å². The second kappa shape index (κ2) is 11.5. The van der Waals surface area contributed by atoms with Gasteiger partial charge in [-0.15, -0.1) is 0 Å². The first-order valence-corrected chi connectivity index (χ1v) is 11.5. The molecule has 10 heteroatoms. The average molecular weight is 454 g/mol. The molecule has 2 rings (SSSR count). The van der Waals surface area contributed by atoms with Crippen molar-refractivity contribution in [2.24, 2.45) is 0 Å². The van der Waals surface area contributed by atoms with E-state index in [-0.39, 0.29) is 24.6 Å². The largest absolute Gasteiger partial charge is 0.444 e. The van der Waals surface area contributed by atoms with Crippen LogP contribution in [0.1, 0.15) is 59.8 Å². The third-order valence-electron chi connectivity index (χ3n) is 5.89. The van der Waals surface area contributed by atoms with Gasteiger partial charge < -0.3 is 19.9 Å². The third kappa shape index (κ3) is 8.29. The molecule has 2 fully saturated rings. The van der Waals surface area contributed by atoms with Crippen LogP contribution in [0.2, 0.25) is 0 Å². The monoisotopic (exact) mass is 453 g/mol. The number of nitrogens with zero attached hydrogens (tertiary/aromatic N) is 3. The molecule has 0 aromatic heterocycles. The number of carbonyl (C=O) groups is 4. The van der Waals surface area contributed by atoms with Crippen LogP contribution in [0.3, 0.4) is 0 Å². The normalized spacial score (nSPS) is 18.8. The van der Waals surface area contributed by atoms with E-state index in [1.807, 2.05) is 20.8 Å². The van der Waals surface area contributed by atoms with Crippen LogP contribution in [-0.4, -0.2) is 96.1 Å². The minimum atomic E-state index is -0.640. The van der Waals surface area contributed by atoms with Gasteiger partial charge >= 0.3 is 12.1 Å². The molecule has 0 bridgehead atoms. The molecule has 2 N–H and O–H groups in total. The molecule has 1 unspecified atom stereocenters. The molecule has 1 atom stereocenters. The lowest BCUT2D eigenvalue weighted by molar-refractivity contribution is -0.135. The Morgan fingerprint density at radius 1 is 1.00 bits per heavy atom. The van der Waals surface area contributed by atoms with Gasteiger partial charge in [0.15, 0.2) is 0 Å². The highest BCUT2D eigenvalue weighted by Crippen LogP contribution is 2.17. The van der Waals surface area contributed by atoms with E-state index in [2.05, 4.69) is 10.6 Å². The number of nitrogens with one attached hydrogen (secondary N) is 2. The maximum atomic E-state index is 12.7. The Kier molecular flexibility index (Phi) is 9.30. The second-order valence-corrected chi connectivity index (χ2v) is 9.74. The Hall–Kier alpha value is -2.36. The van der Waals surface area contributed by atoms with Gasteiger partial charge in [-0.3, -0.25) is 19.8 Å². The molecule has 1 aliphatic carbocycles. The van der Waals surface area contributed by atoms with Crippen LogP contribution >= 0.6 is 0 Å². The van der Waals surface area contributed by atoms with Crippen molar-refractivity contribution in [3.63, 3.8) is 0 Å². The molecule has 0 spiro atoms. The fraction of sp³-hybridized carbons (Fsp3) is 0.818. The molecule has 32 heavy (non-hydrogen) atoms. The summed E-state index contributed by atoms with van der Waals surface area (Å²) >= 11 is 0. The number of hydrogen-bond donors (Lipinski definition) is 2. The van der Waals surface area contributed by atoms with E-state index < -0.39 is 23.6 Å². The van der Waals surface area contributed by atoms with Crippen molar-refractivity contribution in [2.45, 2.75) is 77.5 Å². The molecule has 1 heterocycles. The smallest absolute Gasteiger partial charge is 0.410 e. The summed E-state index contributed by atoms with van der Waals surface area (Å²) < 4.78 is 5.37. The lowest BCUT2D eigenvalue weighted by atomic mass is 9.96. The molecule has 10 nitrogen and oxygen atoms in total. The number of carbonyl (C=O) groups excluding carboxylic acids is 4. The number of imide groups is 1. The van der Waals surface area contributed by atoms with E-state index in [0.29, 0.717) is 26.2 Å². The Morgan fingerprint density at radius 2 is 1.56 bits per heavy atom. The predicted molar refractivity (Wildman–Crippen MR) is 120 cm³/mol. The molecule has 1 saturated heterocycles. The van der Waals surface area contributed by atoms with Gasteiger partial charge in [-0.1, -0.05) is 19.3 Å². The zero-order valence-corrected chi connectivity index (χ0v) is 20.1. The first-order valence-electron chi connectivity index (χ1n) is 11.5. The first kappa shape index (κ1) is 25.9. The number of ether oxygens (including phenoxy) is 1. The van der Waals surface area contributed by atoms with Crippen LogP contribution in [0.4, 0.5) is 9.59 Å². The Balaban J connectivity index is 1.73. The third-order valence-corrected chi connectivity index (χ3v) is 5.89. The van der Waals surface area contributed by atoms with E-state index in [9.17, 15) is 19.2 Å². The Bertz CT molecular complexity index is 679. The van der Waals surface area contributed by atoms with Crippen molar-refractivity contribution < 1.29 is 23.9 Å². The van der Waals surface area contributed by atoms with Gasteiger partial charge in [0.25, 0.3) is 0 Å². The second-order valence-electron chi connectivity index (χ2n) is 9.74. The van der Waals surface area contributed by atoms with Gasteiger partial charge in [-0.25, -0.2) is 9.59 Å². The fourth-order valence-corrected chi connectivity index (χ4v) is 3.80. The molecule has 2 aliphatic rings. The van der Waals surface area contributed by atoms with Gasteiger partial charge in [0.1, 0.15) is 5.60 Å². The highest BCUT2D eigenvalue weighted by Gasteiger charge is 2.29. The summed E-state index contributed by atoms with van der Waals surface area (Å²) in [5.74, 6) is -0.564. The van der Waals surface area contributed by atoms with Crippen LogP contribution in [0.15, 0.2) is 0 Å². The van der Waals surface area contributed by atoms with E-state index in [0.717, 1.165) is 25.7 Å². The maximum Gasteiger partial charge on any atom is 0.410 e. The molecule has 0 aromatic carbocycles. The fourth-order valence-electron chi connectivity index (χ4n) is 3.80. The predicted octanol–water partition coefficient (Wildman–Crippen LogP) is 1.54. The Morgan fingerprint density at radius 3 is 2.12 bits per heavy atom. The van der Waals surface area contributed by atoms with Crippen LogP contribution in [0.25, 0.3) is 0 Å². The highest BCUT2D eigenvalue weighted by atomic mass is 16.6. The van der Waals surface area contributed by atoms with Crippen LogP contribution in [0, 0.1) is 0 Å².